The number of nitrogens with zero attached hydrogens (tertiary/aromatic N) is 5. The lowest BCUT2D eigenvalue weighted by Crippen LogP contribution is -2.52. The summed E-state index contributed by atoms with van der Waals surface area (Å²) in [5.74, 6) is 1.73. The Kier molecular flexibility index (Phi) is 5.50. The van der Waals surface area contributed by atoms with Gasteiger partial charge in [-0.2, -0.15) is 18.2 Å². The normalized spacial score (nSPS) is 17.1. The van der Waals surface area contributed by atoms with Gasteiger partial charge in [0.05, 0.1) is 43.0 Å². The maximum Gasteiger partial charge on any atom is 0.416 e. The average Bonchev–Trinajstić information content (AvgIpc) is 3.39. The van der Waals surface area contributed by atoms with Crippen molar-refractivity contribution in [1.29, 1.82) is 0 Å². The zero-order valence-corrected chi connectivity index (χ0v) is 20.0. The third kappa shape index (κ3) is 3.91. The number of rotatable bonds is 5. The lowest BCUT2D eigenvalue weighted by atomic mass is 9.87. The number of nitrogens with one attached hydrogen (secondary N) is 1. The molecule has 0 saturated carbocycles. The minimum absolute atomic E-state index is 0.00643. The van der Waals surface area contributed by atoms with E-state index in [1.807, 2.05) is 25.2 Å². The maximum absolute atomic E-state index is 13.4. The van der Waals surface area contributed by atoms with Crippen molar-refractivity contribution in [2.24, 2.45) is 5.41 Å². The van der Waals surface area contributed by atoms with Crippen molar-refractivity contribution in [3.05, 3.63) is 52.0 Å². The van der Waals surface area contributed by atoms with E-state index >= 15 is 0 Å². The van der Waals surface area contributed by atoms with Crippen LogP contribution < -0.4 is 5.32 Å². The maximum atomic E-state index is 13.4. The first kappa shape index (κ1) is 23.5. The van der Waals surface area contributed by atoms with E-state index in [0.717, 1.165) is 23.1 Å². The largest absolute Gasteiger partial charge is 0.416 e. The van der Waals surface area contributed by atoms with Gasteiger partial charge in [-0.15, -0.1) is 10.2 Å². The van der Waals surface area contributed by atoms with Gasteiger partial charge >= 0.3 is 6.18 Å². The van der Waals surface area contributed by atoms with E-state index < -0.39 is 17.2 Å². The van der Waals surface area contributed by atoms with Crippen LogP contribution >= 0.6 is 0 Å². The lowest BCUT2D eigenvalue weighted by Gasteiger charge is -2.39. The number of aromatic nitrogens is 4. The van der Waals surface area contributed by atoms with Crippen LogP contribution in [0.3, 0.4) is 0 Å². The number of halogens is 3. The summed E-state index contributed by atoms with van der Waals surface area (Å²) >= 11 is 0. The van der Waals surface area contributed by atoms with Crippen LogP contribution in [0.2, 0.25) is 0 Å². The smallest absolute Gasteiger partial charge is 0.379 e. The minimum atomic E-state index is -4.42. The van der Waals surface area contributed by atoms with Crippen molar-refractivity contribution in [2.75, 3.05) is 18.5 Å². The molecule has 0 bridgehead atoms. The molecule has 1 N–H and O–H groups in total. The second-order valence-corrected chi connectivity index (χ2v) is 9.89. The van der Waals surface area contributed by atoms with Crippen molar-refractivity contribution in [3.8, 4) is 0 Å². The number of anilines is 1. The molecule has 0 aliphatic carbocycles. The van der Waals surface area contributed by atoms with Crippen molar-refractivity contribution in [3.63, 3.8) is 0 Å². The molecule has 2 aliphatic heterocycles. The van der Waals surface area contributed by atoms with E-state index in [4.69, 9.17) is 4.74 Å². The van der Waals surface area contributed by atoms with Gasteiger partial charge in [-0.1, -0.05) is 26.0 Å². The molecule has 8 nitrogen and oxygen atoms in total. The van der Waals surface area contributed by atoms with E-state index in [1.54, 1.807) is 11.0 Å². The van der Waals surface area contributed by atoms with Gasteiger partial charge in [-0.05, 0) is 31.0 Å². The van der Waals surface area contributed by atoms with Gasteiger partial charge in [0.1, 0.15) is 11.6 Å². The summed E-state index contributed by atoms with van der Waals surface area (Å²) in [7, 11) is 0. The predicted octanol–water partition coefficient (Wildman–Crippen LogP) is 4.07. The van der Waals surface area contributed by atoms with Gasteiger partial charge in [0.15, 0.2) is 0 Å². The highest BCUT2D eigenvalue weighted by atomic mass is 19.4. The van der Waals surface area contributed by atoms with E-state index in [9.17, 15) is 18.0 Å². The lowest BCUT2D eigenvalue weighted by molar-refractivity contribution is -0.169. The molecule has 0 atom stereocenters. The number of hydrogen-bond acceptors (Lipinski definition) is 6. The number of fused-ring (bicyclic) bond motifs is 3. The van der Waals surface area contributed by atoms with E-state index in [1.165, 1.54) is 13.0 Å². The first-order valence-corrected chi connectivity index (χ1v) is 11.5. The molecular weight excluding hydrogens is 461 g/mol. The van der Waals surface area contributed by atoms with Crippen LogP contribution in [0.5, 0.6) is 0 Å². The SMILES string of the molecule is Cc1c(CNc2nc3nnc(C(C)C)n3c3c2CN(C(=O)C2(C)COC2)C3)cccc1C(F)(F)F. The molecule has 0 spiro atoms. The Morgan fingerprint density at radius 1 is 1.23 bits per heavy atom. The average molecular weight is 489 g/mol. The summed E-state index contributed by atoms with van der Waals surface area (Å²) < 4.78 is 47.3. The Balaban J connectivity index is 1.51. The summed E-state index contributed by atoms with van der Waals surface area (Å²) in [6.07, 6.45) is -4.42. The second-order valence-electron chi connectivity index (χ2n) is 9.89. The topological polar surface area (TPSA) is 84.7 Å². The van der Waals surface area contributed by atoms with Crippen LogP contribution in [0, 0.1) is 12.3 Å². The van der Waals surface area contributed by atoms with Crippen LogP contribution in [0.4, 0.5) is 19.0 Å². The quantitative estimate of drug-likeness (QED) is 0.583. The summed E-state index contributed by atoms with van der Waals surface area (Å²) in [6, 6.07) is 4.15. The summed E-state index contributed by atoms with van der Waals surface area (Å²) in [6.45, 7) is 9.01. The zero-order chi connectivity index (χ0) is 25.1. The first-order valence-electron chi connectivity index (χ1n) is 11.5. The predicted molar refractivity (Wildman–Crippen MR) is 122 cm³/mol. The van der Waals surface area contributed by atoms with Crippen LogP contribution in [0.15, 0.2) is 18.2 Å². The molecule has 2 aliphatic rings. The number of carbonyl (C=O) groups is 1. The molecule has 0 unspecified atom stereocenters. The number of alkyl halides is 3. The summed E-state index contributed by atoms with van der Waals surface area (Å²) in [4.78, 5) is 19.7. The fourth-order valence-corrected chi connectivity index (χ4v) is 4.76. The Bertz CT molecular complexity index is 1310. The van der Waals surface area contributed by atoms with Crippen molar-refractivity contribution in [1.82, 2.24) is 24.5 Å². The number of carbonyl (C=O) groups excluding carboxylic acids is 1. The van der Waals surface area contributed by atoms with Gasteiger partial charge in [0, 0.05) is 18.0 Å². The molecule has 186 valence electrons. The Hall–Kier alpha value is -3.21. The van der Waals surface area contributed by atoms with Crippen LogP contribution in [-0.2, 0) is 35.3 Å². The molecule has 1 amide bonds. The zero-order valence-electron chi connectivity index (χ0n) is 20.0. The highest BCUT2D eigenvalue weighted by Gasteiger charge is 2.45. The molecule has 1 fully saturated rings. The van der Waals surface area contributed by atoms with E-state index in [2.05, 4.69) is 20.5 Å². The number of hydrogen-bond donors (Lipinski definition) is 1. The molecule has 3 aromatic rings. The number of ether oxygens (including phenoxy) is 1. The minimum Gasteiger partial charge on any atom is -0.379 e. The van der Waals surface area contributed by atoms with Crippen molar-refractivity contribution in [2.45, 2.75) is 59.4 Å². The summed E-state index contributed by atoms with van der Waals surface area (Å²) in [5, 5.41) is 11.8. The molecule has 1 saturated heterocycles. The Labute approximate surface area is 200 Å². The standard InChI is InChI=1S/C24H27F3N6O2/c1-13(2)20-30-31-22-29-19(28-8-15-6-5-7-17(14(15)3)24(25,26)27)16-9-32(10-18(16)33(20)22)21(34)23(4)11-35-12-23/h5-7,13H,8-12H2,1-4H3,(H,28,29,31). The Morgan fingerprint density at radius 3 is 2.60 bits per heavy atom. The van der Waals surface area contributed by atoms with Crippen molar-refractivity contribution >= 4 is 17.5 Å². The molecule has 35 heavy (non-hydrogen) atoms. The number of amides is 1. The molecule has 0 radical (unpaired) electrons. The highest BCUT2D eigenvalue weighted by molar-refractivity contribution is 5.84. The molecule has 5 rings (SSSR count). The third-order valence-corrected chi connectivity index (χ3v) is 6.84. The second kappa shape index (κ2) is 8.18. The van der Waals surface area contributed by atoms with Gasteiger partial charge in [-0.25, -0.2) is 0 Å². The third-order valence-electron chi connectivity index (χ3n) is 6.84. The monoisotopic (exact) mass is 488 g/mol. The fraction of sp³-hybridized carbons (Fsp3) is 0.500. The first-order chi connectivity index (χ1) is 16.5. The van der Waals surface area contributed by atoms with Crippen LogP contribution in [0.25, 0.3) is 5.78 Å². The number of benzene rings is 1. The molecular formula is C24H27F3N6O2. The molecule has 1 aromatic carbocycles. The van der Waals surface area contributed by atoms with E-state index in [0.29, 0.717) is 43.5 Å². The van der Waals surface area contributed by atoms with Gasteiger partial charge < -0.3 is 15.0 Å². The molecule has 4 heterocycles. The van der Waals surface area contributed by atoms with Crippen molar-refractivity contribution < 1.29 is 22.7 Å². The van der Waals surface area contributed by atoms with Crippen LogP contribution in [-0.4, -0.2) is 43.6 Å². The van der Waals surface area contributed by atoms with Gasteiger partial charge in [-0.3, -0.25) is 9.20 Å². The van der Waals surface area contributed by atoms with E-state index in [-0.39, 0.29) is 23.9 Å². The highest BCUT2D eigenvalue weighted by Crippen LogP contribution is 2.37. The van der Waals surface area contributed by atoms with Gasteiger partial charge in [0.2, 0.25) is 5.91 Å². The molecule has 11 heteroatoms. The Morgan fingerprint density at radius 2 is 1.97 bits per heavy atom. The fourth-order valence-electron chi connectivity index (χ4n) is 4.76. The molecule has 2 aromatic heterocycles. The van der Waals surface area contributed by atoms with Crippen LogP contribution in [0.1, 0.15) is 60.5 Å². The summed E-state index contributed by atoms with van der Waals surface area (Å²) in [5.41, 5.74) is 1.17. The van der Waals surface area contributed by atoms with Gasteiger partial charge in [0.25, 0.3) is 5.78 Å².